The van der Waals surface area contributed by atoms with E-state index in [0.717, 1.165) is 6.54 Å². The van der Waals surface area contributed by atoms with Crippen molar-refractivity contribution in [2.24, 2.45) is 0 Å². The summed E-state index contributed by atoms with van der Waals surface area (Å²) in [6.45, 7) is 6.88. The summed E-state index contributed by atoms with van der Waals surface area (Å²) in [5, 5.41) is 6.11. The van der Waals surface area contributed by atoms with Crippen LogP contribution < -0.4 is 10.6 Å². The van der Waals surface area contributed by atoms with E-state index in [1.54, 1.807) is 27.0 Å². The van der Waals surface area contributed by atoms with Crippen LogP contribution in [-0.2, 0) is 20.9 Å². The Balaban J connectivity index is 2.84. The second kappa shape index (κ2) is 8.31. The Hall–Kier alpha value is -1.89. The molecule has 2 N–H and O–H groups in total. The van der Waals surface area contributed by atoms with E-state index in [2.05, 4.69) is 20.6 Å². The predicted molar refractivity (Wildman–Crippen MR) is 76.6 cm³/mol. The molecule has 0 aliphatic carbocycles. The lowest BCUT2D eigenvalue weighted by molar-refractivity contribution is -0.143. The molecule has 0 radical (unpaired) electrons. The van der Waals surface area contributed by atoms with Gasteiger partial charge in [-0.25, -0.2) is 14.8 Å². The first kappa shape index (κ1) is 16.2. The van der Waals surface area contributed by atoms with Gasteiger partial charge < -0.3 is 20.1 Å². The SMILES string of the molecule is CCNc1cc(NC(C)C(=O)OCC)nc(COC)n1. The molecule has 7 heteroatoms. The van der Waals surface area contributed by atoms with Crippen molar-refractivity contribution < 1.29 is 14.3 Å². The van der Waals surface area contributed by atoms with Crippen LogP contribution in [0.15, 0.2) is 6.07 Å². The molecule has 1 aromatic rings. The van der Waals surface area contributed by atoms with Gasteiger partial charge in [0, 0.05) is 19.7 Å². The number of ether oxygens (including phenoxy) is 2. The molecule has 1 aromatic heterocycles. The van der Waals surface area contributed by atoms with Gasteiger partial charge in [0.15, 0.2) is 5.82 Å². The van der Waals surface area contributed by atoms with Crippen molar-refractivity contribution in [1.29, 1.82) is 0 Å². The second-order valence-corrected chi connectivity index (χ2v) is 4.14. The van der Waals surface area contributed by atoms with E-state index < -0.39 is 6.04 Å². The maximum Gasteiger partial charge on any atom is 0.328 e. The quantitative estimate of drug-likeness (QED) is 0.697. The minimum Gasteiger partial charge on any atom is -0.464 e. The highest BCUT2D eigenvalue weighted by Crippen LogP contribution is 2.13. The summed E-state index contributed by atoms with van der Waals surface area (Å²) in [7, 11) is 1.58. The van der Waals surface area contributed by atoms with E-state index >= 15 is 0 Å². The van der Waals surface area contributed by atoms with Crippen LogP contribution in [0, 0.1) is 0 Å². The minimum atomic E-state index is -0.477. The van der Waals surface area contributed by atoms with Crippen molar-refractivity contribution in [2.45, 2.75) is 33.4 Å². The van der Waals surface area contributed by atoms with Crippen LogP contribution in [0.2, 0.25) is 0 Å². The molecule has 0 saturated heterocycles. The zero-order valence-electron chi connectivity index (χ0n) is 12.4. The average molecular weight is 282 g/mol. The molecule has 1 rings (SSSR count). The van der Waals surface area contributed by atoms with Gasteiger partial charge in [0.2, 0.25) is 0 Å². The summed E-state index contributed by atoms with van der Waals surface area (Å²) in [4.78, 5) is 20.2. The molecule has 0 bridgehead atoms. The number of rotatable bonds is 8. The zero-order valence-corrected chi connectivity index (χ0v) is 12.4. The van der Waals surface area contributed by atoms with E-state index in [1.165, 1.54) is 0 Å². The van der Waals surface area contributed by atoms with E-state index in [-0.39, 0.29) is 5.97 Å². The van der Waals surface area contributed by atoms with Gasteiger partial charge in [0.05, 0.1) is 6.61 Å². The maximum atomic E-state index is 11.6. The van der Waals surface area contributed by atoms with Crippen molar-refractivity contribution >= 4 is 17.6 Å². The summed E-state index contributed by atoms with van der Waals surface area (Å²) in [6.07, 6.45) is 0. The van der Waals surface area contributed by atoms with Gasteiger partial charge in [-0.1, -0.05) is 0 Å². The molecule has 112 valence electrons. The Labute approximate surface area is 119 Å². The molecule has 7 nitrogen and oxygen atoms in total. The smallest absolute Gasteiger partial charge is 0.328 e. The summed E-state index contributed by atoms with van der Waals surface area (Å²) < 4.78 is 9.98. The normalized spacial score (nSPS) is 11.8. The fourth-order valence-corrected chi connectivity index (χ4v) is 1.58. The van der Waals surface area contributed by atoms with Gasteiger partial charge in [-0.05, 0) is 20.8 Å². The molecule has 0 amide bonds. The van der Waals surface area contributed by atoms with Gasteiger partial charge in [0.25, 0.3) is 0 Å². The number of methoxy groups -OCH3 is 1. The van der Waals surface area contributed by atoms with Crippen LogP contribution in [0.3, 0.4) is 0 Å². The number of hydrogen-bond acceptors (Lipinski definition) is 7. The van der Waals surface area contributed by atoms with Crippen molar-refractivity contribution in [3.63, 3.8) is 0 Å². The Kier molecular flexibility index (Phi) is 6.72. The molecule has 0 saturated carbocycles. The van der Waals surface area contributed by atoms with E-state index in [1.807, 2.05) is 6.92 Å². The van der Waals surface area contributed by atoms with Gasteiger partial charge in [-0.15, -0.1) is 0 Å². The number of carbonyl (C=O) groups is 1. The molecule has 1 unspecified atom stereocenters. The molecular weight excluding hydrogens is 260 g/mol. The molecule has 1 heterocycles. The van der Waals surface area contributed by atoms with Crippen LogP contribution in [0.4, 0.5) is 11.6 Å². The topological polar surface area (TPSA) is 85.4 Å². The standard InChI is InChI=1S/C13H22N4O3/c1-5-14-10-7-11(17-12(16-10)8-19-4)15-9(3)13(18)20-6-2/h7,9H,5-6,8H2,1-4H3,(H2,14,15,16,17). The van der Waals surface area contributed by atoms with E-state index in [9.17, 15) is 4.79 Å². The Morgan fingerprint density at radius 3 is 2.65 bits per heavy atom. The van der Waals surface area contributed by atoms with Crippen molar-refractivity contribution in [3.8, 4) is 0 Å². The zero-order chi connectivity index (χ0) is 15.0. The molecule has 20 heavy (non-hydrogen) atoms. The predicted octanol–water partition coefficient (Wildman–Crippen LogP) is 1.42. The lowest BCUT2D eigenvalue weighted by atomic mass is 10.3. The van der Waals surface area contributed by atoms with Gasteiger partial charge in [-0.2, -0.15) is 0 Å². The number of esters is 1. The summed E-state index contributed by atoms with van der Waals surface area (Å²) in [5.41, 5.74) is 0. The molecule has 0 aromatic carbocycles. The molecule has 0 aliphatic rings. The van der Waals surface area contributed by atoms with E-state index in [0.29, 0.717) is 30.7 Å². The second-order valence-electron chi connectivity index (χ2n) is 4.14. The molecule has 1 atom stereocenters. The summed E-state index contributed by atoms with van der Waals surface area (Å²) in [5.74, 6) is 1.48. The van der Waals surface area contributed by atoms with Crippen molar-refractivity contribution in [1.82, 2.24) is 9.97 Å². The largest absolute Gasteiger partial charge is 0.464 e. The molecular formula is C13H22N4O3. The highest BCUT2D eigenvalue weighted by atomic mass is 16.5. The third kappa shape index (κ3) is 5.00. The Morgan fingerprint density at radius 1 is 1.35 bits per heavy atom. The number of nitrogens with zero attached hydrogens (tertiary/aromatic N) is 2. The third-order valence-corrected chi connectivity index (χ3v) is 2.41. The highest BCUT2D eigenvalue weighted by molar-refractivity contribution is 5.78. The maximum absolute atomic E-state index is 11.6. The monoisotopic (exact) mass is 282 g/mol. The number of hydrogen-bond donors (Lipinski definition) is 2. The van der Waals surface area contributed by atoms with Crippen LogP contribution in [0.5, 0.6) is 0 Å². The average Bonchev–Trinajstić information content (AvgIpc) is 2.39. The molecule has 0 spiro atoms. The lowest BCUT2D eigenvalue weighted by Gasteiger charge is -2.15. The first-order chi connectivity index (χ1) is 9.60. The van der Waals surface area contributed by atoms with Crippen molar-refractivity contribution in [2.75, 3.05) is 30.9 Å². The number of aromatic nitrogens is 2. The van der Waals surface area contributed by atoms with Crippen LogP contribution in [0.1, 0.15) is 26.6 Å². The highest BCUT2D eigenvalue weighted by Gasteiger charge is 2.15. The minimum absolute atomic E-state index is 0.307. The third-order valence-electron chi connectivity index (χ3n) is 2.41. The molecule has 0 aliphatic heterocycles. The fraction of sp³-hybridized carbons (Fsp3) is 0.615. The van der Waals surface area contributed by atoms with Gasteiger partial charge in [-0.3, -0.25) is 0 Å². The summed E-state index contributed by atoms with van der Waals surface area (Å²) in [6, 6.07) is 1.27. The number of anilines is 2. The fourth-order valence-electron chi connectivity index (χ4n) is 1.58. The first-order valence-corrected chi connectivity index (χ1v) is 6.64. The van der Waals surface area contributed by atoms with Crippen molar-refractivity contribution in [3.05, 3.63) is 11.9 Å². The van der Waals surface area contributed by atoms with Crippen LogP contribution in [-0.4, -0.2) is 42.2 Å². The summed E-state index contributed by atoms with van der Waals surface area (Å²) >= 11 is 0. The van der Waals surface area contributed by atoms with Crippen LogP contribution >= 0.6 is 0 Å². The Bertz CT molecular complexity index is 415. The van der Waals surface area contributed by atoms with Gasteiger partial charge >= 0.3 is 5.97 Å². The van der Waals surface area contributed by atoms with Crippen LogP contribution in [0.25, 0.3) is 0 Å². The Morgan fingerprint density at radius 2 is 2.05 bits per heavy atom. The molecule has 0 fully saturated rings. The number of nitrogens with one attached hydrogen (secondary N) is 2. The van der Waals surface area contributed by atoms with Gasteiger partial charge in [0.1, 0.15) is 24.3 Å². The number of carbonyl (C=O) groups excluding carboxylic acids is 1. The first-order valence-electron chi connectivity index (χ1n) is 6.64. The lowest BCUT2D eigenvalue weighted by Crippen LogP contribution is -2.28. The van der Waals surface area contributed by atoms with E-state index in [4.69, 9.17) is 9.47 Å².